The highest BCUT2D eigenvalue weighted by molar-refractivity contribution is 7.13. The van der Waals surface area contributed by atoms with Gasteiger partial charge in [-0.1, -0.05) is 0 Å². The molecule has 0 aliphatic carbocycles. The van der Waals surface area contributed by atoms with E-state index < -0.39 is 0 Å². The number of thiazole rings is 1. The van der Waals surface area contributed by atoms with Crippen LogP contribution < -0.4 is 15.7 Å². The van der Waals surface area contributed by atoms with Crippen molar-refractivity contribution in [1.29, 1.82) is 0 Å². The molecular formula is C21H20N4O3S. The van der Waals surface area contributed by atoms with Crippen molar-refractivity contribution in [3.8, 4) is 16.5 Å². The van der Waals surface area contributed by atoms with Crippen LogP contribution in [-0.4, -0.2) is 27.6 Å². The molecule has 1 atom stereocenters. The molecule has 4 aromatic rings. The zero-order chi connectivity index (χ0) is 20.2. The molecule has 4 rings (SSSR count). The fraction of sp³-hybridized carbons (Fsp3) is 0.238. The monoisotopic (exact) mass is 408 g/mol. The second kappa shape index (κ2) is 8.50. The predicted molar refractivity (Wildman–Crippen MR) is 112 cm³/mol. The molecule has 0 saturated heterocycles. The molecule has 0 aliphatic rings. The molecule has 3 heterocycles. The highest BCUT2D eigenvalue weighted by atomic mass is 32.1. The summed E-state index contributed by atoms with van der Waals surface area (Å²) in [5.74, 6) is 0.665. The Morgan fingerprint density at radius 2 is 2.17 bits per heavy atom. The summed E-state index contributed by atoms with van der Waals surface area (Å²) in [7, 11) is 0. The zero-order valence-electron chi connectivity index (χ0n) is 16.1. The lowest BCUT2D eigenvalue weighted by Gasteiger charge is -2.14. The highest BCUT2D eigenvalue weighted by Gasteiger charge is 2.09. The number of rotatable bonds is 7. The average molecular weight is 408 g/mol. The van der Waals surface area contributed by atoms with Crippen LogP contribution in [-0.2, 0) is 6.54 Å². The quantitative estimate of drug-likeness (QED) is 0.468. The van der Waals surface area contributed by atoms with Gasteiger partial charge in [-0.3, -0.25) is 9.97 Å². The summed E-state index contributed by atoms with van der Waals surface area (Å²) in [4.78, 5) is 24.5. The number of hydrogen-bond donors (Lipinski definition) is 1. The van der Waals surface area contributed by atoms with Gasteiger partial charge in [0, 0.05) is 47.9 Å². The van der Waals surface area contributed by atoms with E-state index in [9.17, 15) is 4.79 Å². The topological polar surface area (TPSA) is 90.1 Å². The maximum absolute atomic E-state index is 11.6. The van der Waals surface area contributed by atoms with Crippen LogP contribution in [0.25, 0.3) is 21.7 Å². The lowest BCUT2D eigenvalue weighted by atomic mass is 10.1. The lowest BCUT2D eigenvalue weighted by Crippen LogP contribution is -2.31. The number of aryl methyl sites for hydroxylation is 1. The Balaban J connectivity index is 1.32. The van der Waals surface area contributed by atoms with E-state index >= 15 is 0 Å². The van der Waals surface area contributed by atoms with Gasteiger partial charge in [-0.2, -0.15) is 0 Å². The van der Waals surface area contributed by atoms with Crippen molar-refractivity contribution in [1.82, 2.24) is 20.3 Å². The molecule has 0 saturated carbocycles. The number of ether oxygens (including phenoxy) is 1. The molecule has 0 amide bonds. The maximum Gasteiger partial charge on any atom is 0.336 e. The van der Waals surface area contributed by atoms with Crippen molar-refractivity contribution < 1.29 is 9.15 Å². The molecule has 1 aromatic carbocycles. The van der Waals surface area contributed by atoms with Gasteiger partial charge in [-0.05, 0) is 31.5 Å². The van der Waals surface area contributed by atoms with Gasteiger partial charge in [-0.25, -0.2) is 9.78 Å². The van der Waals surface area contributed by atoms with Crippen LogP contribution in [0.2, 0.25) is 0 Å². The Kier molecular flexibility index (Phi) is 5.64. The number of nitrogens with one attached hydrogen (secondary N) is 1. The Bertz CT molecular complexity index is 1170. The molecule has 29 heavy (non-hydrogen) atoms. The minimum Gasteiger partial charge on any atom is -0.492 e. The molecule has 7 nitrogen and oxygen atoms in total. The largest absolute Gasteiger partial charge is 0.492 e. The molecule has 0 aliphatic heterocycles. The molecule has 1 N–H and O–H groups in total. The van der Waals surface area contributed by atoms with E-state index in [1.165, 1.54) is 6.07 Å². The molecule has 0 fully saturated rings. The van der Waals surface area contributed by atoms with Crippen molar-refractivity contribution in [2.45, 2.75) is 26.4 Å². The smallest absolute Gasteiger partial charge is 0.336 e. The molecular weight excluding hydrogens is 388 g/mol. The van der Waals surface area contributed by atoms with E-state index in [1.54, 1.807) is 36.0 Å². The van der Waals surface area contributed by atoms with Crippen molar-refractivity contribution in [3.63, 3.8) is 0 Å². The van der Waals surface area contributed by atoms with E-state index in [-0.39, 0.29) is 11.7 Å². The van der Waals surface area contributed by atoms with Gasteiger partial charge in [0.2, 0.25) is 0 Å². The molecule has 1 unspecified atom stereocenters. The maximum atomic E-state index is 11.6. The third kappa shape index (κ3) is 4.67. The van der Waals surface area contributed by atoms with E-state index in [0.717, 1.165) is 27.3 Å². The number of hydrogen-bond acceptors (Lipinski definition) is 8. The fourth-order valence-electron chi connectivity index (χ4n) is 2.87. The second-order valence-corrected chi connectivity index (χ2v) is 7.59. The van der Waals surface area contributed by atoms with Gasteiger partial charge in [-0.15, -0.1) is 11.3 Å². The van der Waals surface area contributed by atoms with Gasteiger partial charge in [0.1, 0.15) is 28.6 Å². The first-order valence-electron chi connectivity index (χ1n) is 9.20. The first-order valence-corrected chi connectivity index (χ1v) is 10.1. The minimum absolute atomic E-state index is 0.108. The number of aromatic nitrogens is 3. The fourth-order valence-corrected chi connectivity index (χ4v) is 3.65. The van der Waals surface area contributed by atoms with Crippen LogP contribution in [0.3, 0.4) is 0 Å². The van der Waals surface area contributed by atoms with Gasteiger partial charge in [0.25, 0.3) is 0 Å². The SMILES string of the molecule is Cc1cc(=O)oc2cc(OCC(C)NCc3csc(-c4cnccn4)n3)ccc12. The summed E-state index contributed by atoms with van der Waals surface area (Å²) in [5.41, 5.74) is 2.80. The summed E-state index contributed by atoms with van der Waals surface area (Å²) in [6.45, 7) is 5.04. The Morgan fingerprint density at radius 3 is 3.00 bits per heavy atom. The number of nitrogens with zero attached hydrogens (tertiary/aromatic N) is 3. The first-order chi connectivity index (χ1) is 14.1. The number of benzene rings is 1. The van der Waals surface area contributed by atoms with Crippen molar-refractivity contribution >= 4 is 22.3 Å². The number of fused-ring (bicyclic) bond motifs is 1. The van der Waals surface area contributed by atoms with Crippen LogP contribution in [0.4, 0.5) is 0 Å². The summed E-state index contributed by atoms with van der Waals surface area (Å²) in [6.07, 6.45) is 5.01. The predicted octanol–water partition coefficient (Wildman–Crippen LogP) is 3.57. The Morgan fingerprint density at radius 1 is 1.28 bits per heavy atom. The minimum atomic E-state index is -0.355. The summed E-state index contributed by atoms with van der Waals surface area (Å²) in [5, 5.41) is 7.17. The molecule has 8 heteroatoms. The van der Waals surface area contributed by atoms with Gasteiger partial charge in [0.15, 0.2) is 0 Å². The third-order valence-corrected chi connectivity index (χ3v) is 5.30. The van der Waals surface area contributed by atoms with E-state index in [1.807, 2.05) is 31.4 Å². The molecule has 148 valence electrons. The highest BCUT2D eigenvalue weighted by Crippen LogP contribution is 2.23. The average Bonchev–Trinajstić information content (AvgIpc) is 3.20. The van der Waals surface area contributed by atoms with E-state index in [2.05, 4.69) is 20.3 Å². The zero-order valence-corrected chi connectivity index (χ0v) is 16.9. The van der Waals surface area contributed by atoms with Gasteiger partial charge >= 0.3 is 5.63 Å². The Labute approximate surface area is 171 Å². The van der Waals surface area contributed by atoms with Gasteiger partial charge in [0.05, 0.1) is 11.9 Å². The standard InChI is InChI=1S/C21H20N4O3S/c1-13-7-20(26)28-19-8-16(3-4-17(13)19)27-11-14(2)24-9-15-12-29-21(25-15)18-10-22-5-6-23-18/h3-8,10,12,14,24H,9,11H2,1-2H3. The molecule has 0 spiro atoms. The van der Waals surface area contributed by atoms with Crippen LogP contribution in [0, 0.1) is 6.92 Å². The summed E-state index contributed by atoms with van der Waals surface area (Å²) >= 11 is 1.55. The van der Waals surface area contributed by atoms with Crippen LogP contribution >= 0.6 is 11.3 Å². The first kappa shape index (κ1) is 19.2. The lowest BCUT2D eigenvalue weighted by molar-refractivity contribution is 0.272. The third-order valence-electron chi connectivity index (χ3n) is 4.39. The van der Waals surface area contributed by atoms with Crippen molar-refractivity contribution in [3.05, 3.63) is 69.9 Å². The molecule has 3 aromatic heterocycles. The van der Waals surface area contributed by atoms with Crippen molar-refractivity contribution in [2.24, 2.45) is 0 Å². The molecule has 0 bridgehead atoms. The normalized spacial score (nSPS) is 12.2. The summed E-state index contributed by atoms with van der Waals surface area (Å²) < 4.78 is 11.1. The van der Waals surface area contributed by atoms with E-state index in [4.69, 9.17) is 9.15 Å². The van der Waals surface area contributed by atoms with E-state index in [0.29, 0.717) is 24.5 Å². The van der Waals surface area contributed by atoms with Crippen LogP contribution in [0.1, 0.15) is 18.2 Å². The Hall–Kier alpha value is -3.10. The molecule has 0 radical (unpaired) electrons. The van der Waals surface area contributed by atoms with Gasteiger partial charge < -0.3 is 14.5 Å². The van der Waals surface area contributed by atoms with Crippen LogP contribution in [0.15, 0.2) is 57.4 Å². The van der Waals surface area contributed by atoms with Crippen LogP contribution in [0.5, 0.6) is 5.75 Å². The summed E-state index contributed by atoms with van der Waals surface area (Å²) in [6, 6.07) is 7.14. The van der Waals surface area contributed by atoms with Crippen molar-refractivity contribution in [2.75, 3.05) is 6.61 Å². The second-order valence-electron chi connectivity index (χ2n) is 6.73.